The zero-order valence-corrected chi connectivity index (χ0v) is 9.54. The van der Waals surface area contributed by atoms with Crippen molar-refractivity contribution in [3.8, 4) is 16.9 Å². The fraction of sp³-hybridized carbons (Fsp3) is 0. The molecule has 0 atom stereocenters. The number of phenolic OH excluding ortho intramolecular Hbond substituents is 1. The first kappa shape index (κ1) is 10.5. The zero-order valence-electron chi connectivity index (χ0n) is 9.54. The summed E-state index contributed by atoms with van der Waals surface area (Å²) in [4.78, 5) is 7.95. The largest absolute Gasteiger partial charge is 0.508 e. The van der Waals surface area contributed by atoms with Gasteiger partial charge in [-0.3, -0.25) is 0 Å². The molecule has 1 aromatic heterocycles. The van der Waals surface area contributed by atoms with Crippen molar-refractivity contribution in [3.63, 3.8) is 0 Å². The molecule has 4 nitrogen and oxygen atoms in total. The highest BCUT2D eigenvalue weighted by Crippen LogP contribution is 2.25. The van der Waals surface area contributed by atoms with Crippen LogP contribution >= 0.6 is 0 Å². The zero-order chi connectivity index (χ0) is 12.5. The third kappa shape index (κ3) is 1.84. The Labute approximate surface area is 104 Å². The lowest BCUT2D eigenvalue weighted by molar-refractivity contribution is 0.476. The SMILES string of the molecule is Nc1ncc(-c2ccc3cc(O)ccc3c2)cn1. The van der Waals surface area contributed by atoms with Crippen molar-refractivity contribution in [3.05, 3.63) is 48.8 Å². The maximum absolute atomic E-state index is 9.41. The van der Waals surface area contributed by atoms with Crippen molar-refractivity contribution < 1.29 is 5.11 Å². The first-order valence-electron chi connectivity index (χ1n) is 5.53. The van der Waals surface area contributed by atoms with Crippen LogP contribution in [0.25, 0.3) is 21.9 Å². The average Bonchev–Trinajstić information content (AvgIpc) is 2.39. The van der Waals surface area contributed by atoms with E-state index in [4.69, 9.17) is 5.73 Å². The van der Waals surface area contributed by atoms with Crippen molar-refractivity contribution in [1.29, 1.82) is 0 Å². The fourth-order valence-corrected chi connectivity index (χ4v) is 1.90. The highest BCUT2D eigenvalue weighted by Gasteiger charge is 2.01. The van der Waals surface area contributed by atoms with E-state index >= 15 is 0 Å². The van der Waals surface area contributed by atoms with Crippen molar-refractivity contribution >= 4 is 16.7 Å². The topological polar surface area (TPSA) is 72.0 Å². The molecule has 0 aliphatic carbocycles. The number of benzene rings is 2. The van der Waals surface area contributed by atoms with Gasteiger partial charge in [0.25, 0.3) is 0 Å². The number of aromatic hydroxyl groups is 1. The number of phenols is 1. The van der Waals surface area contributed by atoms with Crippen LogP contribution in [0.15, 0.2) is 48.8 Å². The summed E-state index contributed by atoms with van der Waals surface area (Å²) >= 11 is 0. The maximum Gasteiger partial charge on any atom is 0.219 e. The summed E-state index contributed by atoms with van der Waals surface area (Å²) in [6.07, 6.45) is 3.40. The van der Waals surface area contributed by atoms with Crippen LogP contribution in [0.5, 0.6) is 5.75 Å². The molecule has 1 heterocycles. The molecule has 0 aliphatic rings. The van der Waals surface area contributed by atoms with Gasteiger partial charge in [-0.05, 0) is 34.5 Å². The predicted molar refractivity (Wildman–Crippen MR) is 71.1 cm³/mol. The number of anilines is 1. The lowest BCUT2D eigenvalue weighted by Gasteiger charge is -2.04. The summed E-state index contributed by atoms with van der Waals surface area (Å²) in [6.45, 7) is 0. The second-order valence-corrected chi connectivity index (χ2v) is 4.08. The van der Waals surface area contributed by atoms with E-state index in [1.165, 1.54) is 0 Å². The van der Waals surface area contributed by atoms with Gasteiger partial charge in [0.15, 0.2) is 0 Å². The van der Waals surface area contributed by atoms with Gasteiger partial charge in [-0.1, -0.05) is 18.2 Å². The minimum Gasteiger partial charge on any atom is -0.508 e. The predicted octanol–water partition coefficient (Wildman–Crippen LogP) is 2.58. The average molecular weight is 237 g/mol. The van der Waals surface area contributed by atoms with Gasteiger partial charge in [0.05, 0.1) is 0 Å². The van der Waals surface area contributed by atoms with Crippen LogP contribution in [0.2, 0.25) is 0 Å². The van der Waals surface area contributed by atoms with Crippen LogP contribution < -0.4 is 5.73 Å². The number of hydrogen-bond donors (Lipinski definition) is 2. The summed E-state index contributed by atoms with van der Waals surface area (Å²) in [6, 6.07) is 11.2. The van der Waals surface area contributed by atoms with Gasteiger partial charge in [0.2, 0.25) is 5.95 Å². The summed E-state index contributed by atoms with van der Waals surface area (Å²) < 4.78 is 0. The Kier molecular flexibility index (Phi) is 2.34. The summed E-state index contributed by atoms with van der Waals surface area (Å²) in [5.41, 5.74) is 7.40. The first-order chi connectivity index (χ1) is 8.72. The van der Waals surface area contributed by atoms with Crippen LogP contribution in [0.3, 0.4) is 0 Å². The normalized spacial score (nSPS) is 10.7. The molecule has 0 amide bonds. The molecule has 3 rings (SSSR count). The highest BCUT2D eigenvalue weighted by molar-refractivity contribution is 5.88. The van der Waals surface area contributed by atoms with E-state index in [0.717, 1.165) is 21.9 Å². The van der Waals surface area contributed by atoms with Gasteiger partial charge in [0, 0.05) is 18.0 Å². The van der Waals surface area contributed by atoms with Crippen LogP contribution in [-0.4, -0.2) is 15.1 Å². The van der Waals surface area contributed by atoms with Gasteiger partial charge in [0.1, 0.15) is 5.75 Å². The standard InChI is InChI=1S/C14H11N3O/c15-14-16-7-12(8-17-14)10-1-2-11-6-13(18)4-3-9(11)5-10/h1-8,18H,(H2,15,16,17). The Hall–Kier alpha value is -2.62. The summed E-state index contributed by atoms with van der Waals surface area (Å²) in [5.74, 6) is 0.538. The Morgan fingerprint density at radius 2 is 1.50 bits per heavy atom. The number of hydrogen-bond acceptors (Lipinski definition) is 4. The number of nitrogens with two attached hydrogens (primary N) is 1. The molecule has 3 N–H and O–H groups in total. The Balaban J connectivity index is 2.13. The molecule has 0 aliphatic heterocycles. The number of fused-ring (bicyclic) bond motifs is 1. The van der Waals surface area contributed by atoms with Gasteiger partial charge < -0.3 is 10.8 Å². The number of aromatic nitrogens is 2. The quantitative estimate of drug-likeness (QED) is 0.682. The van der Waals surface area contributed by atoms with E-state index in [1.807, 2.05) is 24.3 Å². The molecule has 0 unspecified atom stereocenters. The monoisotopic (exact) mass is 237 g/mol. The molecule has 4 heteroatoms. The Bertz CT molecular complexity index is 708. The Morgan fingerprint density at radius 1 is 0.833 bits per heavy atom. The lowest BCUT2D eigenvalue weighted by Crippen LogP contribution is -1.93. The molecule has 2 aromatic carbocycles. The molecule has 0 saturated carbocycles. The number of nitrogen functional groups attached to an aromatic ring is 1. The van der Waals surface area contributed by atoms with Crippen LogP contribution in [0.4, 0.5) is 5.95 Å². The maximum atomic E-state index is 9.41. The molecule has 0 spiro atoms. The molecule has 18 heavy (non-hydrogen) atoms. The molecule has 0 fully saturated rings. The van der Waals surface area contributed by atoms with Gasteiger partial charge >= 0.3 is 0 Å². The number of rotatable bonds is 1. The molecular weight excluding hydrogens is 226 g/mol. The van der Waals surface area contributed by atoms with E-state index in [0.29, 0.717) is 0 Å². The lowest BCUT2D eigenvalue weighted by atomic mass is 10.0. The third-order valence-electron chi connectivity index (χ3n) is 2.83. The minimum atomic E-state index is 0.268. The van der Waals surface area contributed by atoms with Crippen molar-refractivity contribution in [2.24, 2.45) is 0 Å². The molecule has 88 valence electrons. The summed E-state index contributed by atoms with van der Waals surface area (Å²) in [5, 5.41) is 11.5. The van der Waals surface area contributed by atoms with Crippen LogP contribution in [0, 0.1) is 0 Å². The second-order valence-electron chi connectivity index (χ2n) is 4.08. The van der Waals surface area contributed by atoms with E-state index in [2.05, 4.69) is 9.97 Å². The van der Waals surface area contributed by atoms with E-state index in [-0.39, 0.29) is 11.7 Å². The molecule has 3 aromatic rings. The molecular formula is C14H11N3O. The van der Waals surface area contributed by atoms with Crippen molar-refractivity contribution in [2.75, 3.05) is 5.73 Å². The van der Waals surface area contributed by atoms with Crippen molar-refractivity contribution in [1.82, 2.24) is 9.97 Å². The van der Waals surface area contributed by atoms with Crippen molar-refractivity contribution in [2.45, 2.75) is 0 Å². The van der Waals surface area contributed by atoms with Crippen LogP contribution in [-0.2, 0) is 0 Å². The second kappa shape index (κ2) is 4.00. The molecule has 0 bridgehead atoms. The van der Waals surface area contributed by atoms with Gasteiger partial charge in [-0.2, -0.15) is 0 Å². The van der Waals surface area contributed by atoms with E-state index in [1.54, 1.807) is 24.5 Å². The van der Waals surface area contributed by atoms with Gasteiger partial charge in [-0.15, -0.1) is 0 Å². The smallest absolute Gasteiger partial charge is 0.219 e. The number of nitrogens with zero attached hydrogens (tertiary/aromatic N) is 2. The summed E-state index contributed by atoms with van der Waals surface area (Å²) in [7, 11) is 0. The highest BCUT2D eigenvalue weighted by atomic mass is 16.3. The van der Waals surface area contributed by atoms with Crippen LogP contribution in [0.1, 0.15) is 0 Å². The first-order valence-corrected chi connectivity index (χ1v) is 5.53. The van der Waals surface area contributed by atoms with Gasteiger partial charge in [-0.25, -0.2) is 9.97 Å². The fourth-order valence-electron chi connectivity index (χ4n) is 1.90. The van der Waals surface area contributed by atoms with E-state index in [9.17, 15) is 5.11 Å². The molecule has 0 radical (unpaired) electrons. The Morgan fingerprint density at radius 3 is 2.28 bits per heavy atom. The molecule has 0 saturated heterocycles. The van der Waals surface area contributed by atoms with E-state index < -0.39 is 0 Å². The third-order valence-corrected chi connectivity index (χ3v) is 2.83. The minimum absolute atomic E-state index is 0.268.